The number of fused-ring (bicyclic) bond motifs is 4. The lowest BCUT2D eigenvalue weighted by Crippen LogP contribution is -2.38. The Kier molecular flexibility index (Phi) is 4.92. The molecule has 16 heteroatoms. The van der Waals surface area contributed by atoms with Crippen LogP contribution in [0.15, 0.2) is 55.5 Å². The molecule has 0 fully saturated rings. The summed E-state index contributed by atoms with van der Waals surface area (Å²) in [4.78, 5) is 7.35. The number of aliphatic imine (C=N–C) groups is 2. The highest BCUT2D eigenvalue weighted by Crippen LogP contribution is 2.57. The van der Waals surface area contributed by atoms with Crippen molar-refractivity contribution in [3.8, 4) is 11.5 Å². The molecule has 5 rings (SSSR count). The molecule has 2 aliphatic carbocycles. The number of halogens is 2. The van der Waals surface area contributed by atoms with Crippen LogP contribution in [0.3, 0.4) is 0 Å². The summed E-state index contributed by atoms with van der Waals surface area (Å²) in [6.07, 6.45) is 2.34. The number of hydrogen-bond donors (Lipinski definition) is 4. The summed E-state index contributed by atoms with van der Waals surface area (Å²) in [5.74, 6) is -0.334. The van der Waals surface area contributed by atoms with Crippen LogP contribution in [-0.4, -0.2) is 49.6 Å². The van der Waals surface area contributed by atoms with Crippen molar-refractivity contribution < 1.29 is 35.4 Å². The van der Waals surface area contributed by atoms with Crippen LogP contribution in [0.1, 0.15) is 0 Å². The van der Waals surface area contributed by atoms with E-state index in [-0.39, 0.29) is 55.7 Å². The number of ether oxygens (including phenoxy) is 2. The van der Waals surface area contributed by atoms with Gasteiger partial charge in [-0.25, -0.2) is 9.98 Å². The maximum Gasteiger partial charge on any atom is 0.296 e. The zero-order valence-corrected chi connectivity index (χ0v) is 19.6. The first-order valence-electron chi connectivity index (χ1n) is 9.15. The molecule has 1 aromatic carbocycles. The van der Waals surface area contributed by atoms with Gasteiger partial charge in [0.25, 0.3) is 20.2 Å². The monoisotopic (exact) mass is 546 g/mol. The van der Waals surface area contributed by atoms with Crippen molar-refractivity contribution >= 4 is 66.2 Å². The Morgan fingerprint density at radius 3 is 1.41 bits per heavy atom. The molecule has 12 nitrogen and oxygen atoms in total. The van der Waals surface area contributed by atoms with Crippen LogP contribution in [0.5, 0.6) is 11.5 Å². The fourth-order valence-electron chi connectivity index (χ4n) is 3.78. The van der Waals surface area contributed by atoms with Gasteiger partial charge in [-0.3, -0.25) is 9.11 Å². The SMILES string of the molecule is NC1=C(S(=O)(=O)O)C2Oc3c(Cl)c4c(c(Cl)c3N=C2C=C1)OC1C(=N4)C=CC(N)=C1S(=O)(=O)O. The molecule has 0 saturated heterocycles. The van der Waals surface area contributed by atoms with Gasteiger partial charge < -0.3 is 20.9 Å². The predicted molar refractivity (Wildman–Crippen MR) is 123 cm³/mol. The average molecular weight is 547 g/mol. The Hall–Kier alpha value is -2.88. The topological polar surface area (TPSA) is 204 Å². The molecule has 2 aliphatic heterocycles. The van der Waals surface area contributed by atoms with Crippen LogP contribution >= 0.6 is 23.2 Å². The second kappa shape index (κ2) is 7.31. The number of rotatable bonds is 2. The first-order valence-corrected chi connectivity index (χ1v) is 12.8. The smallest absolute Gasteiger partial charge is 0.296 e. The summed E-state index contributed by atoms with van der Waals surface area (Å²) in [6, 6.07) is 0. The molecular formula is C18H12Cl2N4O8S2. The lowest BCUT2D eigenvalue weighted by Gasteiger charge is -2.33. The number of nitrogens with zero attached hydrogens (tertiary/aromatic N) is 2. The largest absolute Gasteiger partial charge is 0.474 e. The fourth-order valence-corrected chi connectivity index (χ4v) is 5.91. The molecule has 2 heterocycles. The quantitative estimate of drug-likeness (QED) is 0.396. The number of hydrogen-bond acceptors (Lipinski definition) is 10. The van der Waals surface area contributed by atoms with Gasteiger partial charge in [-0.05, 0) is 24.3 Å². The van der Waals surface area contributed by atoms with Crippen molar-refractivity contribution in [2.75, 3.05) is 0 Å². The summed E-state index contributed by atoms with van der Waals surface area (Å²) >= 11 is 13.0. The van der Waals surface area contributed by atoms with Crippen molar-refractivity contribution in [3.05, 3.63) is 55.6 Å². The third kappa shape index (κ3) is 3.33. The second-order valence-electron chi connectivity index (χ2n) is 7.31. The van der Waals surface area contributed by atoms with Gasteiger partial charge in [-0.15, -0.1) is 0 Å². The molecule has 0 aromatic heterocycles. The molecular weight excluding hydrogens is 535 g/mol. The molecule has 1 aromatic rings. The van der Waals surface area contributed by atoms with E-state index in [1.54, 1.807) is 0 Å². The molecule has 4 aliphatic rings. The zero-order valence-electron chi connectivity index (χ0n) is 16.4. The van der Waals surface area contributed by atoms with Gasteiger partial charge in [0.2, 0.25) is 0 Å². The minimum absolute atomic E-state index is 0.0376. The van der Waals surface area contributed by atoms with Gasteiger partial charge in [0.1, 0.15) is 31.2 Å². The number of allylic oxidation sites excluding steroid dienone is 2. The Morgan fingerprint density at radius 1 is 0.735 bits per heavy atom. The Labute approximate surface area is 202 Å². The minimum atomic E-state index is -4.77. The highest BCUT2D eigenvalue weighted by molar-refractivity contribution is 7.90. The molecule has 0 spiro atoms. The van der Waals surface area contributed by atoms with Crippen molar-refractivity contribution in [1.82, 2.24) is 0 Å². The summed E-state index contributed by atoms with van der Waals surface area (Å²) in [5.41, 5.74) is 10.9. The zero-order chi connectivity index (χ0) is 24.7. The Morgan fingerprint density at radius 2 is 1.09 bits per heavy atom. The van der Waals surface area contributed by atoms with E-state index in [0.717, 1.165) is 0 Å². The standard InChI is InChI=1S/C18H12Cl2N4O8S2/c19-9-11-15(31-13-7(23-11)3-1-5(21)17(13)33(25,26)27)10(20)12-16(9)32-14-8(24-12)4-2-6(22)18(14)34(28,29)30/h1-4,13-14H,21-22H2,(H,25,26,27)(H,28,29,30). The molecule has 34 heavy (non-hydrogen) atoms. The first-order chi connectivity index (χ1) is 15.8. The molecule has 6 N–H and O–H groups in total. The minimum Gasteiger partial charge on any atom is -0.474 e. The van der Waals surface area contributed by atoms with Crippen LogP contribution in [0, 0.1) is 0 Å². The van der Waals surface area contributed by atoms with Crippen LogP contribution < -0.4 is 20.9 Å². The Bertz CT molecular complexity index is 1480. The van der Waals surface area contributed by atoms with E-state index in [1.165, 1.54) is 24.3 Å². The lowest BCUT2D eigenvalue weighted by molar-refractivity contribution is 0.291. The molecule has 0 bridgehead atoms. The van der Waals surface area contributed by atoms with Gasteiger partial charge in [0, 0.05) is 0 Å². The van der Waals surface area contributed by atoms with Crippen LogP contribution in [-0.2, 0) is 20.2 Å². The van der Waals surface area contributed by atoms with E-state index >= 15 is 0 Å². The van der Waals surface area contributed by atoms with Gasteiger partial charge in [-0.1, -0.05) is 23.2 Å². The van der Waals surface area contributed by atoms with Gasteiger partial charge in [0.15, 0.2) is 23.7 Å². The summed E-state index contributed by atoms with van der Waals surface area (Å²) in [5, 5.41) is -0.370. The Balaban J connectivity index is 1.70. The highest BCUT2D eigenvalue weighted by atomic mass is 35.5. The molecule has 0 saturated carbocycles. The summed E-state index contributed by atoms with van der Waals surface area (Å²) in [6.45, 7) is 0. The maximum absolute atomic E-state index is 11.9. The maximum atomic E-state index is 11.9. The van der Waals surface area contributed by atoms with Crippen LogP contribution in [0.4, 0.5) is 11.4 Å². The molecule has 178 valence electrons. The second-order valence-corrected chi connectivity index (χ2v) is 10.8. The van der Waals surface area contributed by atoms with Crippen molar-refractivity contribution in [2.45, 2.75) is 12.2 Å². The summed E-state index contributed by atoms with van der Waals surface area (Å²) in [7, 11) is -9.53. The summed E-state index contributed by atoms with van der Waals surface area (Å²) < 4.78 is 78.4. The van der Waals surface area contributed by atoms with E-state index < -0.39 is 42.3 Å². The fraction of sp³-hybridized carbons (Fsp3) is 0.111. The molecule has 0 amide bonds. The van der Waals surface area contributed by atoms with E-state index in [9.17, 15) is 25.9 Å². The predicted octanol–water partition coefficient (Wildman–Crippen LogP) is 1.92. The van der Waals surface area contributed by atoms with E-state index in [0.29, 0.717) is 0 Å². The lowest BCUT2D eigenvalue weighted by atomic mass is 10.0. The van der Waals surface area contributed by atoms with Crippen molar-refractivity contribution in [3.63, 3.8) is 0 Å². The highest BCUT2D eigenvalue weighted by Gasteiger charge is 2.43. The van der Waals surface area contributed by atoms with E-state index in [1.807, 2.05) is 0 Å². The normalized spacial score (nSPS) is 23.2. The first kappa shape index (κ1) is 22.9. The van der Waals surface area contributed by atoms with Gasteiger partial charge in [-0.2, -0.15) is 16.8 Å². The van der Waals surface area contributed by atoms with Crippen molar-refractivity contribution in [1.29, 1.82) is 0 Å². The number of nitrogens with two attached hydrogens (primary N) is 2. The molecule has 0 radical (unpaired) electrons. The number of benzene rings is 1. The third-order valence-electron chi connectivity index (χ3n) is 5.20. The average Bonchev–Trinajstić information content (AvgIpc) is 2.73. The van der Waals surface area contributed by atoms with Gasteiger partial charge in [0.05, 0.1) is 22.8 Å². The van der Waals surface area contributed by atoms with Gasteiger partial charge >= 0.3 is 0 Å². The third-order valence-corrected chi connectivity index (χ3v) is 7.92. The molecule has 2 unspecified atom stereocenters. The van der Waals surface area contributed by atoms with E-state index in [2.05, 4.69) is 9.98 Å². The molecule has 2 atom stereocenters. The van der Waals surface area contributed by atoms with Crippen LogP contribution in [0.2, 0.25) is 10.0 Å². The van der Waals surface area contributed by atoms with Crippen molar-refractivity contribution in [2.24, 2.45) is 21.5 Å². The van der Waals surface area contributed by atoms with E-state index in [4.69, 9.17) is 44.1 Å². The van der Waals surface area contributed by atoms with Crippen LogP contribution in [0.25, 0.3) is 0 Å².